The molecule has 1 aromatic heterocycles. The van der Waals surface area contributed by atoms with Gasteiger partial charge in [-0.2, -0.15) is 0 Å². The molecule has 0 N–H and O–H groups in total. The smallest absolute Gasteiger partial charge is 0.253 e. The molecule has 1 fully saturated rings. The van der Waals surface area contributed by atoms with E-state index in [0.29, 0.717) is 29.7 Å². The van der Waals surface area contributed by atoms with Crippen LogP contribution in [0.25, 0.3) is 10.9 Å². The number of sulfone groups is 1. The first-order valence-electron chi connectivity index (χ1n) is 13.8. The van der Waals surface area contributed by atoms with Gasteiger partial charge in [0.05, 0.1) is 22.8 Å². The van der Waals surface area contributed by atoms with Gasteiger partial charge in [0.2, 0.25) is 0 Å². The quantitative estimate of drug-likeness (QED) is 0.245. The molecule has 1 aliphatic heterocycles. The molecule has 5 rings (SSSR count). The van der Waals surface area contributed by atoms with Crippen LogP contribution in [0.2, 0.25) is 0 Å². The summed E-state index contributed by atoms with van der Waals surface area (Å²) < 4.78 is 32.1. The van der Waals surface area contributed by atoms with Gasteiger partial charge in [-0.1, -0.05) is 55.8 Å². The van der Waals surface area contributed by atoms with Crippen molar-refractivity contribution in [3.8, 4) is 5.75 Å². The molecule has 2 heterocycles. The van der Waals surface area contributed by atoms with Crippen LogP contribution in [0, 0.1) is 0 Å². The first-order valence-corrected chi connectivity index (χ1v) is 15.5. The molecule has 208 valence electrons. The highest BCUT2D eigenvalue weighted by Crippen LogP contribution is 2.24. The van der Waals surface area contributed by atoms with Gasteiger partial charge in [0, 0.05) is 49.9 Å². The number of aromatic nitrogens is 1. The van der Waals surface area contributed by atoms with E-state index in [-0.39, 0.29) is 16.6 Å². The fourth-order valence-corrected chi connectivity index (χ4v) is 6.48. The van der Waals surface area contributed by atoms with E-state index in [9.17, 15) is 13.2 Å². The normalized spacial score (nSPS) is 14.4. The molecule has 40 heavy (non-hydrogen) atoms. The number of piperazine rings is 1. The minimum Gasteiger partial charge on any atom is -0.494 e. The number of fused-ring (bicyclic) bond motifs is 1. The lowest BCUT2D eigenvalue weighted by molar-refractivity contribution is 0.0628. The van der Waals surface area contributed by atoms with Crippen molar-refractivity contribution in [1.82, 2.24) is 14.8 Å². The van der Waals surface area contributed by atoms with E-state index < -0.39 is 9.84 Å². The Kier molecular flexibility index (Phi) is 8.77. The van der Waals surface area contributed by atoms with Gasteiger partial charge < -0.3 is 9.64 Å². The number of pyridine rings is 1. The van der Waals surface area contributed by atoms with E-state index in [4.69, 9.17) is 4.74 Å². The zero-order valence-corrected chi connectivity index (χ0v) is 23.6. The lowest BCUT2D eigenvalue weighted by Crippen LogP contribution is -2.48. The van der Waals surface area contributed by atoms with Crippen molar-refractivity contribution in [3.63, 3.8) is 0 Å². The molecule has 0 unspecified atom stereocenters. The predicted molar refractivity (Wildman–Crippen MR) is 157 cm³/mol. The van der Waals surface area contributed by atoms with Crippen molar-refractivity contribution in [2.75, 3.05) is 32.8 Å². The second kappa shape index (κ2) is 12.6. The second-order valence-electron chi connectivity index (χ2n) is 10.2. The molecule has 0 saturated carbocycles. The third-order valence-corrected chi connectivity index (χ3v) is 8.96. The van der Waals surface area contributed by atoms with Crippen LogP contribution in [0.4, 0.5) is 0 Å². The summed E-state index contributed by atoms with van der Waals surface area (Å²) in [5.74, 6) is 0.726. The van der Waals surface area contributed by atoms with Crippen LogP contribution in [0.1, 0.15) is 41.3 Å². The predicted octanol–water partition coefficient (Wildman–Crippen LogP) is 5.35. The van der Waals surface area contributed by atoms with E-state index in [2.05, 4.69) is 28.9 Å². The fourth-order valence-electron chi connectivity index (χ4n) is 4.94. The summed E-state index contributed by atoms with van der Waals surface area (Å²) in [7, 11) is -3.60. The summed E-state index contributed by atoms with van der Waals surface area (Å²) in [4.78, 5) is 21.9. The van der Waals surface area contributed by atoms with Gasteiger partial charge in [0.1, 0.15) is 5.75 Å². The summed E-state index contributed by atoms with van der Waals surface area (Å²) in [5.41, 5.74) is 2.91. The number of hydrogen-bond donors (Lipinski definition) is 0. The van der Waals surface area contributed by atoms with Gasteiger partial charge in [-0.25, -0.2) is 8.42 Å². The number of benzene rings is 3. The number of nitrogens with zero attached hydrogens (tertiary/aromatic N) is 3. The molecule has 7 nitrogen and oxygen atoms in total. The zero-order chi connectivity index (χ0) is 28.0. The Morgan fingerprint density at radius 1 is 0.875 bits per heavy atom. The summed E-state index contributed by atoms with van der Waals surface area (Å²) in [5, 5.41) is 0.787. The third-order valence-electron chi connectivity index (χ3n) is 7.24. The van der Waals surface area contributed by atoms with E-state index in [1.54, 1.807) is 48.7 Å². The van der Waals surface area contributed by atoms with E-state index in [0.717, 1.165) is 50.2 Å². The Labute approximate surface area is 236 Å². The molecule has 4 aromatic rings. The maximum absolute atomic E-state index is 13.2. The minimum absolute atomic E-state index is 0.0270. The highest BCUT2D eigenvalue weighted by molar-refractivity contribution is 7.90. The van der Waals surface area contributed by atoms with Crippen molar-refractivity contribution in [1.29, 1.82) is 0 Å². The van der Waals surface area contributed by atoms with Crippen molar-refractivity contribution in [2.45, 2.75) is 37.0 Å². The number of carbonyl (C=O) groups is 1. The van der Waals surface area contributed by atoms with Crippen molar-refractivity contribution in [2.24, 2.45) is 0 Å². The Balaban J connectivity index is 1.14. The molecule has 1 amide bonds. The highest BCUT2D eigenvalue weighted by atomic mass is 32.2. The molecule has 0 bridgehead atoms. The van der Waals surface area contributed by atoms with Crippen LogP contribution in [-0.4, -0.2) is 61.9 Å². The Morgan fingerprint density at radius 2 is 1.57 bits per heavy atom. The maximum Gasteiger partial charge on any atom is 0.253 e. The lowest BCUT2D eigenvalue weighted by Gasteiger charge is -2.34. The molecule has 8 heteroatoms. The molecular weight excluding hydrogens is 522 g/mol. The SMILES string of the molecule is CCCCOc1ccc(CN2CCN(C(=O)c3ccc(CS(=O)(=O)c4cccc5cccnc45)cc3)CC2)cc1. The van der Waals surface area contributed by atoms with E-state index >= 15 is 0 Å². The Hall–Kier alpha value is -3.75. The average Bonchev–Trinajstić information content (AvgIpc) is 2.98. The standard InChI is InChI=1S/C32H35N3O4S/c1-2-3-22-39-29-15-11-25(12-16-29)23-34-18-20-35(21-19-34)32(36)28-13-9-26(10-14-28)24-40(37,38)30-8-4-6-27-7-5-17-33-31(27)30/h4-17H,2-3,18-24H2,1H3. The molecule has 3 aromatic carbocycles. The van der Waals surface area contributed by atoms with Gasteiger partial charge in [-0.15, -0.1) is 0 Å². The first kappa shape index (κ1) is 27.8. The summed E-state index contributed by atoms with van der Waals surface area (Å²) >= 11 is 0. The van der Waals surface area contributed by atoms with Crippen molar-refractivity contribution in [3.05, 3.63) is 102 Å². The van der Waals surface area contributed by atoms with Crippen LogP contribution < -0.4 is 4.74 Å². The van der Waals surface area contributed by atoms with Crippen LogP contribution >= 0.6 is 0 Å². The summed E-state index contributed by atoms with van der Waals surface area (Å²) in [6.07, 6.45) is 3.77. The number of amides is 1. The summed E-state index contributed by atoms with van der Waals surface area (Å²) in [6, 6.07) is 24.0. The lowest BCUT2D eigenvalue weighted by atomic mass is 10.1. The van der Waals surface area contributed by atoms with Gasteiger partial charge in [0.15, 0.2) is 9.84 Å². The van der Waals surface area contributed by atoms with Gasteiger partial charge in [-0.3, -0.25) is 14.7 Å². The molecule has 0 spiro atoms. The van der Waals surface area contributed by atoms with E-state index in [1.165, 1.54) is 5.56 Å². The van der Waals surface area contributed by atoms with Crippen LogP contribution in [-0.2, 0) is 22.1 Å². The zero-order valence-electron chi connectivity index (χ0n) is 22.8. The second-order valence-corrected chi connectivity index (χ2v) is 12.2. The number of ether oxygens (including phenoxy) is 1. The molecule has 1 saturated heterocycles. The maximum atomic E-state index is 13.2. The first-order chi connectivity index (χ1) is 19.4. The molecule has 1 aliphatic rings. The number of rotatable bonds is 10. The highest BCUT2D eigenvalue weighted by Gasteiger charge is 2.23. The summed E-state index contributed by atoms with van der Waals surface area (Å²) in [6.45, 7) is 6.65. The van der Waals surface area contributed by atoms with Gasteiger partial charge in [-0.05, 0) is 53.9 Å². The number of hydrogen-bond acceptors (Lipinski definition) is 6. The third kappa shape index (κ3) is 6.69. The van der Waals surface area contributed by atoms with Crippen molar-refractivity contribution >= 4 is 26.6 Å². The van der Waals surface area contributed by atoms with Gasteiger partial charge in [0.25, 0.3) is 5.91 Å². The van der Waals surface area contributed by atoms with Gasteiger partial charge >= 0.3 is 0 Å². The molecule has 0 aliphatic carbocycles. The number of unbranched alkanes of at least 4 members (excludes halogenated alkanes) is 1. The Morgan fingerprint density at radius 3 is 2.30 bits per heavy atom. The van der Waals surface area contributed by atoms with E-state index in [1.807, 2.05) is 29.2 Å². The fraction of sp³-hybridized carbons (Fsp3) is 0.312. The topological polar surface area (TPSA) is 79.8 Å². The van der Waals surface area contributed by atoms with Crippen LogP contribution in [0.5, 0.6) is 5.75 Å². The monoisotopic (exact) mass is 557 g/mol. The largest absolute Gasteiger partial charge is 0.494 e. The average molecular weight is 558 g/mol. The number of para-hydroxylation sites is 1. The molecule has 0 atom stereocenters. The minimum atomic E-state index is -3.60. The molecule has 0 radical (unpaired) electrons. The van der Waals surface area contributed by atoms with Crippen LogP contribution in [0.3, 0.4) is 0 Å². The number of carbonyl (C=O) groups excluding carboxylic acids is 1. The van der Waals surface area contributed by atoms with Crippen molar-refractivity contribution < 1.29 is 17.9 Å². The van der Waals surface area contributed by atoms with Crippen LogP contribution in [0.15, 0.2) is 90.0 Å². The molecular formula is C32H35N3O4S. The Bertz CT molecular complexity index is 1540.